The molecule has 1 fully saturated rings. The molecule has 0 spiro atoms. The Kier molecular flexibility index (Phi) is 1.64. The summed E-state index contributed by atoms with van der Waals surface area (Å²) in [7, 11) is 0. The van der Waals surface area contributed by atoms with E-state index in [1.54, 1.807) is 6.26 Å². The van der Waals surface area contributed by atoms with Gasteiger partial charge in [-0.1, -0.05) is 0 Å². The van der Waals surface area contributed by atoms with Gasteiger partial charge >= 0.3 is 0 Å². The van der Waals surface area contributed by atoms with Crippen molar-refractivity contribution in [1.29, 1.82) is 0 Å². The topological polar surface area (TPSA) is 42.2 Å². The van der Waals surface area contributed by atoms with E-state index in [1.165, 1.54) is 0 Å². The minimum absolute atomic E-state index is 0.115. The maximum Gasteiger partial charge on any atom is 0.221 e. The molecular formula is C9H11NO2. The zero-order chi connectivity index (χ0) is 8.55. The number of nitrogens with one attached hydrogen (secondary N) is 1. The molecule has 0 aliphatic carbocycles. The predicted octanol–water partition coefficient (Wildman–Crippen LogP) is 1.27. The van der Waals surface area contributed by atoms with Gasteiger partial charge in [0.15, 0.2) is 0 Å². The lowest BCUT2D eigenvalue weighted by molar-refractivity contribution is -0.119. The van der Waals surface area contributed by atoms with Crippen molar-refractivity contribution in [3.63, 3.8) is 0 Å². The third-order valence-corrected chi connectivity index (χ3v) is 2.31. The zero-order valence-electron chi connectivity index (χ0n) is 6.91. The highest BCUT2D eigenvalue weighted by atomic mass is 16.3. The van der Waals surface area contributed by atoms with Crippen molar-refractivity contribution in [2.24, 2.45) is 0 Å². The van der Waals surface area contributed by atoms with Gasteiger partial charge in [0.05, 0.1) is 6.26 Å². The Morgan fingerprint density at radius 1 is 1.67 bits per heavy atom. The van der Waals surface area contributed by atoms with Crippen molar-refractivity contribution in [3.05, 3.63) is 24.2 Å². The van der Waals surface area contributed by atoms with E-state index in [0.29, 0.717) is 6.42 Å². The monoisotopic (exact) mass is 165 g/mol. The highest BCUT2D eigenvalue weighted by molar-refractivity contribution is 5.79. The Bertz CT molecular complexity index is 279. The third kappa shape index (κ3) is 1.11. The van der Waals surface area contributed by atoms with Crippen LogP contribution in [0.1, 0.15) is 25.0 Å². The van der Waals surface area contributed by atoms with Crippen LogP contribution in [-0.4, -0.2) is 11.9 Å². The molecule has 1 aliphatic heterocycles. The van der Waals surface area contributed by atoms with Crippen LogP contribution in [0.4, 0.5) is 0 Å². The van der Waals surface area contributed by atoms with Crippen molar-refractivity contribution in [2.45, 2.75) is 25.3 Å². The van der Waals surface area contributed by atoms with Gasteiger partial charge in [-0.25, -0.2) is 0 Å². The lowest BCUT2D eigenvalue weighted by Gasteiger charge is -2.09. The Morgan fingerprint density at radius 2 is 2.50 bits per heavy atom. The van der Waals surface area contributed by atoms with Gasteiger partial charge in [-0.3, -0.25) is 4.79 Å². The summed E-state index contributed by atoms with van der Waals surface area (Å²) in [6.07, 6.45) is 2.19. The molecule has 1 aromatic heterocycles. The fourth-order valence-corrected chi connectivity index (χ4v) is 1.64. The SMILES string of the molecule is C[C@@H]1NC(=O)C[C@H]1c1ccco1. The van der Waals surface area contributed by atoms with E-state index in [4.69, 9.17) is 4.42 Å². The van der Waals surface area contributed by atoms with Crippen LogP contribution in [0.25, 0.3) is 0 Å². The largest absolute Gasteiger partial charge is 0.469 e. The van der Waals surface area contributed by atoms with E-state index < -0.39 is 0 Å². The quantitative estimate of drug-likeness (QED) is 0.681. The van der Waals surface area contributed by atoms with Crippen LogP contribution in [0.2, 0.25) is 0 Å². The second kappa shape index (κ2) is 2.66. The normalized spacial score (nSPS) is 28.9. The first-order valence-corrected chi connectivity index (χ1v) is 4.10. The molecule has 1 saturated heterocycles. The number of amides is 1. The second-order valence-electron chi connectivity index (χ2n) is 3.18. The molecule has 0 saturated carbocycles. The number of furan rings is 1. The molecule has 1 aliphatic rings. The van der Waals surface area contributed by atoms with Gasteiger partial charge in [-0.05, 0) is 19.1 Å². The van der Waals surface area contributed by atoms with Gasteiger partial charge in [0, 0.05) is 18.4 Å². The molecule has 2 rings (SSSR count). The fraction of sp³-hybridized carbons (Fsp3) is 0.444. The fourth-order valence-electron chi connectivity index (χ4n) is 1.64. The van der Waals surface area contributed by atoms with Crippen LogP contribution >= 0.6 is 0 Å². The summed E-state index contributed by atoms with van der Waals surface area (Å²) >= 11 is 0. The molecule has 2 heterocycles. The molecule has 64 valence electrons. The first-order valence-electron chi connectivity index (χ1n) is 4.10. The molecule has 0 aromatic carbocycles. The maximum absolute atomic E-state index is 11.0. The van der Waals surface area contributed by atoms with Gasteiger partial charge in [-0.2, -0.15) is 0 Å². The summed E-state index contributed by atoms with van der Waals surface area (Å²) in [5, 5.41) is 2.86. The predicted molar refractivity (Wildman–Crippen MR) is 43.7 cm³/mol. The van der Waals surface area contributed by atoms with Gasteiger partial charge < -0.3 is 9.73 Å². The second-order valence-corrected chi connectivity index (χ2v) is 3.18. The van der Waals surface area contributed by atoms with Crippen molar-refractivity contribution in [2.75, 3.05) is 0 Å². The van der Waals surface area contributed by atoms with Gasteiger partial charge in [0.25, 0.3) is 0 Å². The van der Waals surface area contributed by atoms with Crippen LogP contribution in [-0.2, 0) is 4.79 Å². The van der Waals surface area contributed by atoms with E-state index in [0.717, 1.165) is 5.76 Å². The Labute approximate surface area is 70.8 Å². The van der Waals surface area contributed by atoms with E-state index in [2.05, 4.69) is 5.32 Å². The summed E-state index contributed by atoms with van der Waals surface area (Å²) in [5.41, 5.74) is 0. The average molecular weight is 165 g/mol. The summed E-state index contributed by atoms with van der Waals surface area (Å²) in [4.78, 5) is 11.0. The Hall–Kier alpha value is -1.25. The minimum Gasteiger partial charge on any atom is -0.469 e. The van der Waals surface area contributed by atoms with E-state index in [1.807, 2.05) is 19.1 Å². The van der Waals surface area contributed by atoms with Gasteiger partial charge in [0.2, 0.25) is 5.91 Å². The third-order valence-electron chi connectivity index (χ3n) is 2.31. The summed E-state index contributed by atoms with van der Waals surface area (Å²) in [6.45, 7) is 2.00. The maximum atomic E-state index is 11.0. The number of rotatable bonds is 1. The molecule has 0 bridgehead atoms. The molecule has 1 aromatic rings. The average Bonchev–Trinajstić information content (AvgIpc) is 2.58. The van der Waals surface area contributed by atoms with Gasteiger partial charge in [0.1, 0.15) is 5.76 Å². The van der Waals surface area contributed by atoms with Crippen LogP contribution < -0.4 is 5.32 Å². The van der Waals surface area contributed by atoms with Crippen LogP contribution in [0, 0.1) is 0 Å². The number of carbonyl (C=O) groups excluding carboxylic acids is 1. The van der Waals surface area contributed by atoms with E-state index in [-0.39, 0.29) is 17.9 Å². The summed E-state index contributed by atoms with van der Waals surface area (Å²) in [6, 6.07) is 3.97. The van der Waals surface area contributed by atoms with Crippen molar-refractivity contribution < 1.29 is 9.21 Å². The molecule has 0 radical (unpaired) electrons. The zero-order valence-corrected chi connectivity index (χ0v) is 6.91. The van der Waals surface area contributed by atoms with Crippen molar-refractivity contribution in [3.8, 4) is 0 Å². The van der Waals surface area contributed by atoms with Crippen LogP contribution in [0.3, 0.4) is 0 Å². The molecule has 1 N–H and O–H groups in total. The standard InChI is InChI=1S/C9H11NO2/c1-6-7(5-9(11)10-6)8-3-2-4-12-8/h2-4,6-7H,5H2,1H3,(H,10,11)/t6-,7+/m0/s1. The van der Waals surface area contributed by atoms with Crippen molar-refractivity contribution >= 4 is 5.91 Å². The highest BCUT2D eigenvalue weighted by Gasteiger charge is 2.31. The Balaban J connectivity index is 2.20. The Morgan fingerprint density at radius 3 is 3.00 bits per heavy atom. The molecular weight excluding hydrogens is 154 g/mol. The molecule has 3 nitrogen and oxygen atoms in total. The smallest absolute Gasteiger partial charge is 0.221 e. The number of carbonyl (C=O) groups is 1. The van der Waals surface area contributed by atoms with E-state index in [9.17, 15) is 4.79 Å². The van der Waals surface area contributed by atoms with Crippen LogP contribution in [0.15, 0.2) is 22.8 Å². The van der Waals surface area contributed by atoms with Crippen molar-refractivity contribution in [1.82, 2.24) is 5.32 Å². The van der Waals surface area contributed by atoms with E-state index >= 15 is 0 Å². The minimum atomic E-state index is 0.115. The molecule has 12 heavy (non-hydrogen) atoms. The first-order chi connectivity index (χ1) is 5.77. The first kappa shape index (κ1) is 7.40. The van der Waals surface area contributed by atoms with Gasteiger partial charge in [-0.15, -0.1) is 0 Å². The summed E-state index contributed by atoms with van der Waals surface area (Å²) in [5.74, 6) is 1.23. The lowest BCUT2D eigenvalue weighted by atomic mass is 9.99. The highest BCUT2D eigenvalue weighted by Crippen LogP contribution is 2.27. The molecule has 0 unspecified atom stereocenters. The summed E-state index contributed by atoms with van der Waals surface area (Å²) < 4.78 is 5.24. The molecule has 1 amide bonds. The molecule has 2 atom stereocenters. The van der Waals surface area contributed by atoms with Crippen LogP contribution in [0.5, 0.6) is 0 Å². The number of hydrogen-bond acceptors (Lipinski definition) is 2. The molecule has 3 heteroatoms. The number of hydrogen-bond donors (Lipinski definition) is 1. The lowest BCUT2D eigenvalue weighted by Crippen LogP contribution is -2.24.